The summed E-state index contributed by atoms with van der Waals surface area (Å²) in [5, 5.41) is -0.374. The van der Waals surface area contributed by atoms with Crippen molar-refractivity contribution in [1.82, 2.24) is 4.90 Å². The van der Waals surface area contributed by atoms with Gasteiger partial charge < -0.3 is 15.4 Å². The summed E-state index contributed by atoms with van der Waals surface area (Å²) >= 11 is 5.77. The third-order valence-electron chi connectivity index (χ3n) is 5.01. The third-order valence-corrected chi connectivity index (χ3v) is 5.33. The summed E-state index contributed by atoms with van der Waals surface area (Å²) in [5.74, 6) is -0.107. The Bertz CT molecular complexity index is 936. The van der Waals surface area contributed by atoms with Crippen LogP contribution in [0.15, 0.2) is 42.5 Å². The molecule has 0 bridgehead atoms. The number of amides is 1. The fraction of sp³-hybridized carbons (Fsp3) is 0.333. The molecule has 1 fully saturated rings. The molecular weight excluding hydrogens is 405 g/mol. The van der Waals surface area contributed by atoms with Gasteiger partial charge in [-0.25, -0.2) is 0 Å². The van der Waals surface area contributed by atoms with Crippen LogP contribution in [0.2, 0.25) is 5.02 Å². The van der Waals surface area contributed by atoms with Crippen molar-refractivity contribution in [3.8, 4) is 11.1 Å². The van der Waals surface area contributed by atoms with Gasteiger partial charge in [-0.2, -0.15) is 13.2 Å². The average Bonchev–Trinajstić information content (AvgIpc) is 2.62. The topological polar surface area (TPSA) is 63.4 Å². The monoisotopic (exact) mass is 424 g/mol. The first-order valence-electron chi connectivity index (χ1n) is 9.03. The quantitative estimate of drug-likeness (QED) is 0.766. The molecule has 154 valence electrons. The van der Waals surface area contributed by atoms with E-state index in [1.165, 1.54) is 19.1 Å². The van der Waals surface area contributed by atoms with Crippen LogP contribution in [0, 0.1) is 0 Å². The maximum Gasteiger partial charge on any atom is 0.417 e. The second kappa shape index (κ2) is 7.80. The number of rotatable bonds is 5. The van der Waals surface area contributed by atoms with Crippen molar-refractivity contribution in [3.63, 3.8) is 0 Å². The highest BCUT2D eigenvalue weighted by atomic mass is 35.5. The van der Waals surface area contributed by atoms with Crippen molar-refractivity contribution in [3.05, 3.63) is 58.6 Å². The molecule has 0 radical (unpaired) electrons. The Morgan fingerprint density at radius 3 is 2.21 bits per heavy atom. The molecule has 1 aliphatic heterocycles. The Kier molecular flexibility index (Phi) is 5.74. The molecule has 1 saturated heterocycles. The second-order valence-electron chi connectivity index (χ2n) is 7.50. The molecule has 2 N–H and O–H groups in total. The van der Waals surface area contributed by atoms with Gasteiger partial charge in [-0.1, -0.05) is 29.8 Å². The van der Waals surface area contributed by atoms with E-state index in [9.17, 15) is 22.8 Å². The van der Waals surface area contributed by atoms with E-state index < -0.39 is 17.3 Å². The highest BCUT2D eigenvalue weighted by Gasteiger charge is 2.41. The Hall–Kier alpha value is -2.38. The van der Waals surface area contributed by atoms with Crippen LogP contribution in [0.3, 0.4) is 0 Å². The van der Waals surface area contributed by atoms with Crippen molar-refractivity contribution < 1.29 is 22.8 Å². The summed E-state index contributed by atoms with van der Waals surface area (Å²) < 4.78 is 38.5. The lowest BCUT2D eigenvalue weighted by Crippen LogP contribution is -2.68. The number of hydrogen-bond donors (Lipinski definition) is 1. The Balaban J connectivity index is 1.67. The highest BCUT2D eigenvalue weighted by molar-refractivity contribution is 6.31. The minimum Gasteiger partial charge on any atom is -0.335 e. The number of nitrogens with zero attached hydrogens (tertiary/aromatic N) is 1. The lowest BCUT2D eigenvalue weighted by atomic mass is 9.85. The molecule has 4 nitrogen and oxygen atoms in total. The Morgan fingerprint density at radius 1 is 1.10 bits per heavy atom. The number of benzene rings is 2. The number of hydrogen-bond acceptors (Lipinski definition) is 3. The van der Waals surface area contributed by atoms with E-state index in [1.54, 1.807) is 29.2 Å². The number of Topliss-reactive ketones (excluding diaryl/α,β-unsaturated/α-hetero) is 1. The SMILES string of the molecule is CC(=O)CCC1(N)CN(C(=O)c2ccc(-c3ccc(C(F)(F)F)c(Cl)c3)cc2)C1. The first kappa shape index (κ1) is 21.3. The maximum atomic E-state index is 12.8. The van der Waals surface area contributed by atoms with Gasteiger partial charge in [0.05, 0.1) is 16.1 Å². The molecule has 8 heteroatoms. The van der Waals surface area contributed by atoms with Gasteiger partial charge in [0.15, 0.2) is 0 Å². The summed E-state index contributed by atoms with van der Waals surface area (Å²) in [5.41, 5.74) is 6.39. The van der Waals surface area contributed by atoms with Gasteiger partial charge in [0.25, 0.3) is 5.91 Å². The predicted molar refractivity (Wildman–Crippen MR) is 105 cm³/mol. The summed E-state index contributed by atoms with van der Waals surface area (Å²) in [6, 6.07) is 10.1. The van der Waals surface area contributed by atoms with Gasteiger partial charge in [0, 0.05) is 25.1 Å². The number of carbonyl (C=O) groups is 2. The molecule has 0 aliphatic carbocycles. The van der Waals surface area contributed by atoms with Crippen LogP contribution in [-0.4, -0.2) is 35.2 Å². The van der Waals surface area contributed by atoms with E-state index in [4.69, 9.17) is 17.3 Å². The largest absolute Gasteiger partial charge is 0.417 e. The molecule has 29 heavy (non-hydrogen) atoms. The Morgan fingerprint density at radius 2 is 1.69 bits per heavy atom. The molecule has 0 aromatic heterocycles. The normalized spacial score (nSPS) is 15.7. The van der Waals surface area contributed by atoms with E-state index in [-0.39, 0.29) is 16.7 Å². The zero-order chi connectivity index (χ0) is 21.4. The van der Waals surface area contributed by atoms with Gasteiger partial charge in [-0.05, 0) is 48.7 Å². The molecule has 1 heterocycles. The lowest BCUT2D eigenvalue weighted by Gasteiger charge is -2.47. The fourth-order valence-electron chi connectivity index (χ4n) is 3.35. The summed E-state index contributed by atoms with van der Waals surface area (Å²) in [6.07, 6.45) is -3.58. The van der Waals surface area contributed by atoms with Crippen LogP contribution < -0.4 is 5.73 Å². The van der Waals surface area contributed by atoms with Gasteiger partial charge in [-0.15, -0.1) is 0 Å². The van der Waals surface area contributed by atoms with Crippen molar-refractivity contribution in [2.45, 2.75) is 31.5 Å². The smallest absolute Gasteiger partial charge is 0.335 e. The zero-order valence-electron chi connectivity index (χ0n) is 15.7. The van der Waals surface area contributed by atoms with Crippen LogP contribution in [0.5, 0.6) is 0 Å². The van der Waals surface area contributed by atoms with Gasteiger partial charge in [-0.3, -0.25) is 4.79 Å². The van der Waals surface area contributed by atoms with E-state index in [0.717, 1.165) is 6.07 Å². The predicted octanol–water partition coefficient (Wildman–Crippen LogP) is 4.55. The summed E-state index contributed by atoms with van der Waals surface area (Å²) in [7, 11) is 0. The first-order valence-corrected chi connectivity index (χ1v) is 9.41. The molecule has 1 aliphatic rings. The number of likely N-dealkylation sites (tertiary alicyclic amines) is 1. The number of alkyl halides is 3. The summed E-state index contributed by atoms with van der Waals surface area (Å²) in [4.78, 5) is 25.3. The Labute approximate surface area is 171 Å². The fourth-order valence-corrected chi connectivity index (χ4v) is 3.64. The molecule has 0 unspecified atom stereocenters. The first-order chi connectivity index (χ1) is 13.5. The molecule has 2 aromatic rings. The summed E-state index contributed by atoms with van der Waals surface area (Å²) in [6.45, 7) is 2.28. The molecule has 0 saturated carbocycles. The average molecular weight is 425 g/mol. The molecule has 2 aromatic carbocycles. The minimum atomic E-state index is -4.51. The number of nitrogens with two attached hydrogens (primary N) is 1. The van der Waals surface area contributed by atoms with Crippen LogP contribution in [0.1, 0.15) is 35.7 Å². The third kappa shape index (κ3) is 4.79. The molecule has 3 rings (SSSR count). The van der Waals surface area contributed by atoms with Gasteiger partial charge in [0.1, 0.15) is 5.78 Å². The van der Waals surface area contributed by atoms with Crippen LogP contribution in [0.25, 0.3) is 11.1 Å². The van der Waals surface area contributed by atoms with Crippen molar-refractivity contribution in [2.24, 2.45) is 5.73 Å². The van der Waals surface area contributed by atoms with E-state index >= 15 is 0 Å². The van der Waals surface area contributed by atoms with Crippen LogP contribution in [0.4, 0.5) is 13.2 Å². The van der Waals surface area contributed by atoms with Crippen LogP contribution in [-0.2, 0) is 11.0 Å². The standard InChI is InChI=1S/C21H20ClF3N2O2/c1-13(28)8-9-20(26)11-27(12-20)19(29)15-4-2-14(3-5-15)16-6-7-17(18(22)10-16)21(23,24)25/h2-7,10H,8-9,11-12,26H2,1H3. The maximum absolute atomic E-state index is 12.8. The number of ketones is 1. The lowest BCUT2D eigenvalue weighted by molar-refractivity contribution is -0.137. The number of carbonyl (C=O) groups excluding carboxylic acids is 2. The van der Waals surface area contributed by atoms with E-state index in [2.05, 4.69) is 0 Å². The van der Waals surface area contributed by atoms with E-state index in [0.29, 0.717) is 42.6 Å². The molecule has 1 amide bonds. The minimum absolute atomic E-state index is 0.0681. The molecule has 0 atom stereocenters. The molecular formula is C21H20ClF3N2O2. The number of halogens is 4. The zero-order valence-corrected chi connectivity index (χ0v) is 16.5. The van der Waals surface area contributed by atoms with Gasteiger partial charge in [0.2, 0.25) is 0 Å². The van der Waals surface area contributed by atoms with Crippen LogP contribution >= 0.6 is 11.6 Å². The second-order valence-corrected chi connectivity index (χ2v) is 7.90. The molecule has 0 spiro atoms. The van der Waals surface area contributed by atoms with E-state index in [1.807, 2.05) is 0 Å². The van der Waals surface area contributed by atoms with Crippen molar-refractivity contribution >= 4 is 23.3 Å². The van der Waals surface area contributed by atoms with Gasteiger partial charge >= 0.3 is 6.18 Å². The highest BCUT2D eigenvalue weighted by Crippen LogP contribution is 2.37. The van der Waals surface area contributed by atoms with Crippen molar-refractivity contribution in [1.29, 1.82) is 0 Å². The van der Waals surface area contributed by atoms with Crippen molar-refractivity contribution in [2.75, 3.05) is 13.1 Å².